The molecular weight excluding hydrogens is 388 g/mol. The summed E-state index contributed by atoms with van der Waals surface area (Å²) in [5.74, 6) is -3.02. The van der Waals surface area contributed by atoms with E-state index in [0.717, 1.165) is 32.1 Å². The molecule has 2 atom stereocenters. The topological polar surface area (TPSA) is 136 Å². The average molecular weight is 429 g/mol. The Hall–Kier alpha value is -2.09. The number of carboxylic acids is 1. The Morgan fingerprint density at radius 2 is 1.30 bits per heavy atom. The van der Waals surface area contributed by atoms with Gasteiger partial charge in [-0.1, -0.05) is 65.2 Å². The Kier molecular flexibility index (Phi) is 15.5. The summed E-state index contributed by atoms with van der Waals surface area (Å²) in [4.78, 5) is 36.0. The number of hydrogen-bond donors (Lipinski definition) is 5. The third kappa shape index (κ3) is 12.5. The minimum Gasteiger partial charge on any atom is -0.510 e. The number of amides is 2. The third-order valence-electron chi connectivity index (χ3n) is 4.84. The van der Waals surface area contributed by atoms with Gasteiger partial charge < -0.3 is 26.0 Å². The van der Waals surface area contributed by atoms with Crippen molar-refractivity contribution in [3.8, 4) is 0 Å². The number of unbranched alkanes of at least 4 members (excludes halogenated alkanes) is 8. The number of rotatable bonds is 17. The number of allylic oxidation sites excluding steroid dienone is 1. The zero-order valence-electron chi connectivity index (χ0n) is 18.7. The van der Waals surface area contributed by atoms with E-state index in [0.29, 0.717) is 12.8 Å². The van der Waals surface area contributed by atoms with Gasteiger partial charge in [-0.05, 0) is 19.8 Å². The van der Waals surface area contributed by atoms with Gasteiger partial charge in [0.15, 0.2) is 6.04 Å². The molecule has 30 heavy (non-hydrogen) atoms. The molecule has 0 heterocycles. The highest BCUT2D eigenvalue weighted by Gasteiger charge is 2.28. The molecule has 0 saturated heterocycles. The van der Waals surface area contributed by atoms with E-state index in [9.17, 15) is 24.6 Å². The summed E-state index contributed by atoms with van der Waals surface area (Å²) in [5, 5.41) is 33.7. The SMILES string of the molecule is CCCCCCCCCC(=O)NC(C(=O)NC(C(=O)O)C(C)O)=C(O)CCCCC. The molecule has 0 aliphatic carbocycles. The van der Waals surface area contributed by atoms with Gasteiger partial charge in [0, 0.05) is 12.8 Å². The zero-order chi connectivity index (χ0) is 22.9. The first-order valence-electron chi connectivity index (χ1n) is 11.2. The van der Waals surface area contributed by atoms with Crippen molar-refractivity contribution in [2.75, 3.05) is 0 Å². The Labute approximate surface area is 180 Å². The van der Waals surface area contributed by atoms with Crippen molar-refractivity contribution in [3.63, 3.8) is 0 Å². The number of carbonyl (C=O) groups is 3. The second-order valence-corrected chi connectivity index (χ2v) is 7.73. The van der Waals surface area contributed by atoms with Gasteiger partial charge in [0.2, 0.25) is 5.91 Å². The van der Waals surface area contributed by atoms with Gasteiger partial charge in [-0.3, -0.25) is 9.59 Å². The maximum Gasteiger partial charge on any atom is 0.328 e. The highest BCUT2D eigenvalue weighted by molar-refractivity contribution is 5.99. The largest absolute Gasteiger partial charge is 0.510 e. The predicted molar refractivity (Wildman–Crippen MR) is 116 cm³/mol. The standard InChI is InChI=1S/C22H40N2O6/c1-4-6-8-9-10-11-13-15-18(27)23-20(17(26)14-12-7-5-2)21(28)24-19(16(3)25)22(29)30/h16,19,25-26H,4-15H2,1-3H3,(H,23,27)(H,24,28)(H,29,30). The molecule has 174 valence electrons. The normalized spacial score (nSPS) is 13.9. The summed E-state index contributed by atoms with van der Waals surface area (Å²) in [7, 11) is 0. The molecule has 0 aliphatic rings. The van der Waals surface area contributed by atoms with Crippen molar-refractivity contribution in [1.29, 1.82) is 0 Å². The number of aliphatic carboxylic acids is 1. The predicted octanol–water partition coefficient (Wildman–Crippen LogP) is 3.54. The molecular formula is C22H40N2O6. The Morgan fingerprint density at radius 3 is 1.83 bits per heavy atom. The zero-order valence-corrected chi connectivity index (χ0v) is 18.7. The molecule has 8 heteroatoms. The Bertz CT molecular complexity index is 560. The van der Waals surface area contributed by atoms with Crippen molar-refractivity contribution in [3.05, 3.63) is 11.5 Å². The molecule has 0 radical (unpaired) electrons. The van der Waals surface area contributed by atoms with Crippen LogP contribution in [0.25, 0.3) is 0 Å². The molecule has 5 N–H and O–H groups in total. The summed E-state index contributed by atoms with van der Waals surface area (Å²) in [5.41, 5.74) is -0.342. The van der Waals surface area contributed by atoms with Crippen molar-refractivity contribution in [1.82, 2.24) is 10.6 Å². The van der Waals surface area contributed by atoms with Crippen LogP contribution in [0.4, 0.5) is 0 Å². The van der Waals surface area contributed by atoms with Crippen molar-refractivity contribution >= 4 is 17.8 Å². The van der Waals surface area contributed by atoms with Gasteiger partial charge in [-0.25, -0.2) is 4.79 Å². The van der Waals surface area contributed by atoms with Crippen LogP contribution in [0.3, 0.4) is 0 Å². The number of aliphatic hydroxyl groups excluding tert-OH is 2. The number of aliphatic hydroxyl groups is 2. The van der Waals surface area contributed by atoms with Crippen LogP contribution in [0.2, 0.25) is 0 Å². The van der Waals surface area contributed by atoms with Crippen LogP contribution in [0.1, 0.15) is 97.8 Å². The molecule has 2 unspecified atom stereocenters. The number of hydrogen-bond acceptors (Lipinski definition) is 5. The summed E-state index contributed by atoms with van der Waals surface area (Å²) >= 11 is 0. The molecule has 0 aliphatic heterocycles. The first-order chi connectivity index (χ1) is 14.2. The van der Waals surface area contributed by atoms with Crippen LogP contribution in [-0.2, 0) is 14.4 Å². The van der Waals surface area contributed by atoms with E-state index in [1.807, 2.05) is 6.92 Å². The second kappa shape index (κ2) is 16.7. The van der Waals surface area contributed by atoms with Crippen LogP contribution in [0, 0.1) is 0 Å². The van der Waals surface area contributed by atoms with E-state index < -0.39 is 29.9 Å². The second-order valence-electron chi connectivity index (χ2n) is 7.73. The highest BCUT2D eigenvalue weighted by atomic mass is 16.4. The van der Waals surface area contributed by atoms with E-state index in [-0.39, 0.29) is 24.3 Å². The van der Waals surface area contributed by atoms with Gasteiger partial charge in [0.25, 0.3) is 5.91 Å². The monoisotopic (exact) mass is 428 g/mol. The van der Waals surface area contributed by atoms with E-state index in [1.165, 1.54) is 26.2 Å². The molecule has 2 amide bonds. The smallest absolute Gasteiger partial charge is 0.328 e. The van der Waals surface area contributed by atoms with Crippen LogP contribution < -0.4 is 10.6 Å². The van der Waals surface area contributed by atoms with Crippen LogP contribution in [-0.4, -0.2) is 45.2 Å². The number of carbonyl (C=O) groups excluding carboxylic acids is 2. The lowest BCUT2D eigenvalue weighted by atomic mass is 10.1. The van der Waals surface area contributed by atoms with Crippen LogP contribution >= 0.6 is 0 Å². The Morgan fingerprint density at radius 1 is 0.800 bits per heavy atom. The summed E-state index contributed by atoms with van der Waals surface area (Å²) in [6, 6.07) is -1.55. The minimum atomic E-state index is -1.55. The fraction of sp³-hybridized carbons (Fsp3) is 0.773. The molecule has 0 aromatic rings. The molecule has 0 fully saturated rings. The summed E-state index contributed by atoms with van der Waals surface area (Å²) in [6.07, 6.45) is 8.82. The quantitative estimate of drug-likeness (QED) is 0.137. The van der Waals surface area contributed by atoms with Gasteiger partial charge in [0.1, 0.15) is 11.5 Å². The molecule has 0 rings (SSSR count). The van der Waals surface area contributed by atoms with E-state index >= 15 is 0 Å². The Balaban J connectivity index is 4.93. The van der Waals surface area contributed by atoms with E-state index in [1.54, 1.807) is 0 Å². The maximum atomic E-state index is 12.5. The van der Waals surface area contributed by atoms with Crippen molar-refractivity contribution in [2.24, 2.45) is 0 Å². The first kappa shape index (κ1) is 27.9. The van der Waals surface area contributed by atoms with E-state index in [4.69, 9.17) is 5.11 Å². The first-order valence-corrected chi connectivity index (χ1v) is 11.2. The fourth-order valence-electron chi connectivity index (χ4n) is 2.97. The minimum absolute atomic E-state index is 0.195. The van der Waals surface area contributed by atoms with Gasteiger partial charge in [-0.15, -0.1) is 0 Å². The fourth-order valence-corrected chi connectivity index (χ4v) is 2.97. The van der Waals surface area contributed by atoms with Crippen LogP contribution in [0.15, 0.2) is 11.5 Å². The van der Waals surface area contributed by atoms with Crippen molar-refractivity contribution < 1.29 is 29.7 Å². The molecule has 0 aromatic heterocycles. The highest BCUT2D eigenvalue weighted by Crippen LogP contribution is 2.12. The maximum absolute atomic E-state index is 12.5. The van der Waals surface area contributed by atoms with Gasteiger partial charge >= 0.3 is 5.97 Å². The lowest BCUT2D eigenvalue weighted by Gasteiger charge is -2.19. The van der Waals surface area contributed by atoms with Gasteiger partial charge in [0.05, 0.1) is 6.10 Å². The average Bonchev–Trinajstić information content (AvgIpc) is 2.68. The lowest BCUT2D eigenvalue weighted by Crippen LogP contribution is -2.50. The number of nitrogens with one attached hydrogen (secondary N) is 2. The third-order valence-corrected chi connectivity index (χ3v) is 4.84. The molecule has 0 aromatic carbocycles. The van der Waals surface area contributed by atoms with Gasteiger partial charge in [-0.2, -0.15) is 0 Å². The lowest BCUT2D eigenvalue weighted by molar-refractivity contribution is -0.144. The van der Waals surface area contributed by atoms with Crippen LogP contribution in [0.5, 0.6) is 0 Å². The molecule has 0 spiro atoms. The summed E-state index contributed by atoms with van der Waals surface area (Å²) in [6.45, 7) is 5.39. The molecule has 0 saturated carbocycles. The molecule has 8 nitrogen and oxygen atoms in total. The number of carboxylic acid groups (broad SMARTS) is 1. The summed E-state index contributed by atoms with van der Waals surface area (Å²) < 4.78 is 0. The molecule has 0 bridgehead atoms. The van der Waals surface area contributed by atoms with Crippen molar-refractivity contribution in [2.45, 2.75) is 110 Å². The van der Waals surface area contributed by atoms with E-state index in [2.05, 4.69) is 17.6 Å².